The van der Waals surface area contributed by atoms with E-state index in [1.807, 2.05) is 0 Å². The van der Waals surface area contributed by atoms with E-state index >= 15 is 0 Å². The first kappa shape index (κ1) is 12.4. The van der Waals surface area contributed by atoms with Crippen LogP contribution in [0.1, 0.15) is 12.8 Å². The van der Waals surface area contributed by atoms with E-state index < -0.39 is 9.84 Å². The van der Waals surface area contributed by atoms with E-state index in [2.05, 4.69) is 5.32 Å². The van der Waals surface area contributed by atoms with Crippen LogP contribution in [0.5, 0.6) is 5.75 Å². The minimum Gasteiger partial charge on any atom is -0.497 e. The lowest BCUT2D eigenvalue weighted by atomic mass is 10.3. The van der Waals surface area contributed by atoms with E-state index in [0.29, 0.717) is 23.2 Å². The molecule has 0 unspecified atom stereocenters. The molecule has 1 fully saturated rings. The van der Waals surface area contributed by atoms with Gasteiger partial charge in [0.2, 0.25) is 0 Å². The van der Waals surface area contributed by atoms with Crippen LogP contribution in [0.2, 0.25) is 0 Å². The average molecular weight is 255 g/mol. The first-order valence-electron chi connectivity index (χ1n) is 5.72. The average Bonchev–Trinajstić information content (AvgIpc) is 3.13. The summed E-state index contributed by atoms with van der Waals surface area (Å²) in [6, 6.07) is 7.06. The number of rotatable bonds is 6. The predicted octanol–water partition coefficient (Wildman–Crippen LogP) is 1.22. The molecule has 1 aliphatic rings. The van der Waals surface area contributed by atoms with Gasteiger partial charge in [0.15, 0.2) is 9.84 Å². The quantitative estimate of drug-likeness (QED) is 0.830. The third-order valence-electron chi connectivity index (χ3n) is 2.80. The Morgan fingerprint density at radius 3 is 2.47 bits per heavy atom. The number of methoxy groups -OCH3 is 1. The minimum atomic E-state index is -3.17. The van der Waals surface area contributed by atoms with Crippen LogP contribution < -0.4 is 10.1 Å². The normalized spacial score (nSPS) is 15.8. The van der Waals surface area contributed by atoms with Crippen molar-refractivity contribution in [2.75, 3.05) is 19.4 Å². The second-order valence-corrected chi connectivity index (χ2v) is 6.33. The van der Waals surface area contributed by atoms with Gasteiger partial charge < -0.3 is 10.1 Å². The van der Waals surface area contributed by atoms with Gasteiger partial charge >= 0.3 is 0 Å². The second kappa shape index (κ2) is 5.06. The summed E-state index contributed by atoms with van der Waals surface area (Å²) in [5.74, 6) is 0.815. The first-order chi connectivity index (χ1) is 8.12. The van der Waals surface area contributed by atoms with Crippen LogP contribution in [0.15, 0.2) is 29.2 Å². The zero-order chi connectivity index (χ0) is 12.3. The fourth-order valence-electron chi connectivity index (χ4n) is 1.59. The molecule has 1 aromatic rings. The maximum Gasteiger partial charge on any atom is 0.179 e. The van der Waals surface area contributed by atoms with Gasteiger partial charge in [-0.2, -0.15) is 0 Å². The highest BCUT2D eigenvalue weighted by Gasteiger charge is 2.21. The highest BCUT2D eigenvalue weighted by atomic mass is 32.2. The molecule has 5 heteroatoms. The van der Waals surface area contributed by atoms with Crippen molar-refractivity contribution >= 4 is 9.84 Å². The van der Waals surface area contributed by atoms with E-state index in [4.69, 9.17) is 4.74 Å². The second-order valence-electron chi connectivity index (χ2n) is 4.22. The van der Waals surface area contributed by atoms with E-state index in [9.17, 15) is 8.42 Å². The molecule has 0 atom stereocenters. The van der Waals surface area contributed by atoms with Crippen molar-refractivity contribution in [2.24, 2.45) is 0 Å². The summed E-state index contributed by atoms with van der Waals surface area (Å²) < 4.78 is 28.9. The summed E-state index contributed by atoms with van der Waals surface area (Å²) in [5.41, 5.74) is 0. The Balaban J connectivity index is 1.96. The van der Waals surface area contributed by atoms with Gasteiger partial charge in [0, 0.05) is 12.6 Å². The van der Waals surface area contributed by atoms with Gasteiger partial charge in [0.1, 0.15) is 5.75 Å². The molecule has 17 heavy (non-hydrogen) atoms. The Morgan fingerprint density at radius 2 is 1.94 bits per heavy atom. The number of hydrogen-bond donors (Lipinski definition) is 1. The molecule has 1 aromatic carbocycles. The van der Waals surface area contributed by atoms with Gasteiger partial charge in [-0.3, -0.25) is 0 Å². The summed E-state index contributed by atoms with van der Waals surface area (Å²) in [6.07, 6.45) is 2.34. The van der Waals surface area contributed by atoms with E-state index in [1.54, 1.807) is 31.4 Å². The molecule has 1 aliphatic carbocycles. The number of hydrogen-bond acceptors (Lipinski definition) is 4. The largest absolute Gasteiger partial charge is 0.497 e. The number of nitrogens with one attached hydrogen (secondary N) is 1. The van der Waals surface area contributed by atoms with Gasteiger partial charge in [0.05, 0.1) is 17.8 Å². The van der Waals surface area contributed by atoms with Crippen LogP contribution in [0.25, 0.3) is 0 Å². The van der Waals surface area contributed by atoms with E-state index in [0.717, 1.165) is 0 Å². The first-order valence-corrected chi connectivity index (χ1v) is 7.37. The Bertz CT molecular complexity index is 463. The van der Waals surface area contributed by atoms with Gasteiger partial charge in [0.25, 0.3) is 0 Å². The molecular formula is C12H17NO3S. The summed E-state index contributed by atoms with van der Waals surface area (Å²) >= 11 is 0. The third kappa shape index (κ3) is 3.44. The highest BCUT2D eigenvalue weighted by molar-refractivity contribution is 7.91. The molecule has 0 spiro atoms. The Hall–Kier alpha value is -1.07. The maximum atomic E-state index is 12.0. The predicted molar refractivity (Wildman–Crippen MR) is 66.1 cm³/mol. The lowest BCUT2D eigenvalue weighted by Gasteiger charge is -2.06. The van der Waals surface area contributed by atoms with Crippen LogP contribution in [0.4, 0.5) is 0 Å². The number of benzene rings is 1. The number of ether oxygens (including phenoxy) is 1. The van der Waals surface area contributed by atoms with Crippen molar-refractivity contribution in [1.29, 1.82) is 0 Å². The van der Waals surface area contributed by atoms with Crippen LogP contribution in [0, 0.1) is 0 Å². The fraction of sp³-hybridized carbons (Fsp3) is 0.500. The van der Waals surface area contributed by atoms with Crippen molar-refractivity contribution in [2.45, 2.75) is 23.8 Å². The van der Waals surface area contributed by atoms with Crippen molar-refractivity contribution in [3.8, 4) is 5.75 Å². The monoisotopic (exact) mass is 255 g/mol. The van der Waals surface area contributed by atoms with Crippen LogP contribution in [0.3, 0.4) is 0 Å². The van der Waals surface area contributed by atoms with Gasteiger partial charge in [-0.25, -0.2) is 8.42 Å². The zero-order valence-corrected chi connectivity index (χ0v) is 10.7. The van der Waals surface area contributed by atoms with Crippen molar-refractivity contribution in [3.63, 3.8) is 0 Å². The highest BCUT2D eigenvalue weighted by Crippen LogP contribution is 2.19. The molecule has 2 rings (SSSR count). The summed E-state index contributed by atoms with van der Waals surface area (Å²) in [5, 5.41) is 3.20. The topological polar surface area (TPSA) is 55.4 Å². The fourth-order valence-corrected chi connectivity index (χ4v) is 2.76. The van der Waals surface area contributed by atoms with E-state index in [1.165, 1.54) is 12.8 Å². The molecule has 1 N–H and O–H groups in total. The molecule has 0 bridgehead atoms. The Labute approximate surface area is 102 Å². The molecular weight excluding hydrogens is 238 g/mol. The van der Waals surface area contributed by atoms with E-state index in [-0.39, 0.29) is 5.75 Å². The van der Waals surface area contributed by atoms with Gasteiger partial charge in [-0.05, 0) is 37.1 Å². The molecule has 0 heterocycles. The maximum absolute atomic E-state index is 12.0. The van der Waals surface area contributed by atoms with Crippen molar-refractivity contribution in [1.82, 2.24) is 5.32 Å². The molecule has 0 radical (unpaired) electrons. The Morgan fingerprint density at radius 1 is 1.29 bits per heavy atom. The molecule has 4 nitrogen and oxygen atoms in total. The van der Waals surface area contributed by atoms with Crippen LogP contribution in [-0.2, 0) is 9.84 Å². The minimum absolute atomic E-state index is 0.149. The Kier molecular flexibility index (Phi) is 3.69. The van der Waals surface area contributed by atoms with Crippen molar-refractivity contribution < 1.29 is 13.2 Å². The SMILES string of the molecule is COc1ccc(S(=O)(=O)CCNC2CC2)cc1. The molecule has 0 aliphatic heterocycles. The standard InChI is InChI=1S/C12H17NO3S/c1-16-11-4-6-12(7-5-11)17(14,15)9-8-13-10-2-3-10/h4-7,10,13H,2-3,8-9H2,1H3. The van der Waals surface area contributed by atoms with Gasteiger partial charge in [-0.1, -0.05) is 0 Å². The summed E-state index contributed by atoms with van der Waals surface area (Å²) in [6.45, 7) is 0.527. The zero-order valence-electron chi connectivity index (χ0n) is 9.85. The summed E-state index contributed by atoms with van der Waals surface area (Å²) in [7, 11) is -1.61. The molecule has 1 saturated carbocycles. The molecule has 0 aromatic heterocycles. The molecule has 94 valence electrons. The number of sulfone groups is 1. The lowest BCUT2D eigenvalue weighted by Crippen LogP contribution is -2.24. The van der Waals surface area contributed by atoms with Crippen LogP contribution >= 0.6 is 0 Å². The molecule has 0 saturated heterocycles. The third-order valence-corrected chi connectivity index (χ3v) is 4.53. The lowest BCUT2D eigenvalue weighted by molar-refractivity contribution is 0.414. The molecule has 0 amide bonds. The smallest absolute Gasteiger partial charge is 0.179 e. The van der Waals surface area contributed by atoms with Crippen LogP contribution in [-0.4, -0.2) is 33.9 Å². The van der Waals surface area contributed by atoms with Gasteiger partial charge in [-0.15, -0.1) is 0 Å². The van der Waals surface area contributed by atoms with Crippen molar-refractivity contribution in [3.05, 3.63) is 24.3 Å². The summed E-state index contributed by atoms with van der Waals surface area (Å²) in [4.78, 5) is 0.357.